The minimum Gasteiger partial charge on any atom is -0.454 e. The summed E-state index contributed by atoms with van der Waals surface area (Å²) < 4.78 is 35.5. The number of rotatable bonds is 4. The van der Waals surface area contributed by atoms with Gasteiger partial charge in [0.05, 0.1) is 6.10 Å². The smallest absolute Gasteiger partial charge is 0.454 e. The first kappa shape index (κ1) is 24.3. The van der Waals surface area contributed by atoms with Gasteiger partial charge in [-0.05, 0) is 75.4 Å². The van der Waals surface area contributed by atoms with Gasteiger partial charge in [-0.25, -0.2) is 4.79 Å². The van der Waals surface area contributed by atoms with Gasteiger partial charge in [0.2, 0.25) is 6.79 Å². The Labute approximate surface area is 217 Å². The van der Waals surface area contributed by atoms with Crippen LogP contribution in [0.3, 0.4) is 0 Å². The average molecular weight is 508 g/mol. The molecule has 4 aliphatic rings. The molecular formula is C29H33NO7. The fourth-order valence-electron chi connectivity index (χ4n) is 5.91. The highest BCUT2D eigenvalue weighted by Gasteiger charge is 2.46. The normalized spacial score (nSPS) is 27.3. The van der Waals surface area contributed by atoms with E-state index in [0.717, 1.165) is 60.4 Å². The maximum absolute atomic E-state index is 13.1. The van der Waals surface area contributed by atoms with Crippen LogP contribution in [0.4, 0.5) is 4.79 Å². The van der Waals surface area contributed by atoms with Crippen molar-refractivity contribution in [1.82, 2.24) is 4.90 Å². The Kier molecular flexibility index (Phi) is 6.34. The monoisotopic (exact) mass is 507 g/mol. The Morgan fingerprint density at radius 1 is 1.08 bits per heavy atom. The second kappa shape index (κ2) is 9.67. The number of nitrogens with zero attached hydrogens (tertiary/aromatic N) is 1. The Morgan fingerprint density at radius 2 is 1.86 bits per heavy atom. The van der Waals surface area contributed by atoms with E-state index in [1.807, 2.05) is 57.2 Å². The van der Waals surface area contributed by atoms with Crippen molar-refractivity contribution in [2.75, 3.05) is 19.9 Å². The predicted molar refractivity (Wildman–Crippen MR) is 135 cm³/mol. The predicted octanol–water partition coefficient (Wildman–Crippen LogP) is 5.04. The minimum atomic E-state index is -0.814. The number of hydrogen-bond donors (Lipinski definition) is 0. The van der Waals surface area contributed by atoms with E-state index in [0.29, 0.717) is 11.5 Å². The van der Waals surface area contributed by atoms with E-state index in [-0.39, 0.29) is 25.5 Å². The summed E-state index contributed by atoms with van der Waals surface area (Å²) in [6, 6.07) is 13.7. The van der Waals surface area contributed by atoms with E-state index in [4.69, 9.17) is 28.4 Å². The molecular weight excluding hydrogens is 474 g/mol. The number of hydrogen-bond acceptors (Lipinski definition) is 8. The fourth-order valence-corrected chi connectivity index (χ4v) is 5.91. The number of benzene rings is 2. The molecule has 0 spiro atoms. The van der Waals surface area contributed by atoms with Crippen molar-refractivity contribution >= 4 is 11.7 Å². The molecule has 37 heavy (non-hydrogen) atoms. The Balaban J connectivity index is 1.44. The number of carbonyl (C=O) groups excluding carboxylic acids is 1. The molecule has 3 atom stereocenters. The first-order valence-electron chi connectivity index (χ1n) is 13.0. The molecule has 2 aromatic carbocycles. The molecule has 4 aliphatic heterocycles. The summed E-state index contributed by atoms with van der Waals surface area (Å²) in [6.45, 7) is 7.92. The van der Waals surface area contributed by atoms with Gasteiger partial charge in [0, 0.05) is 18.2 Å². The summed E-state index contributed by atoms with van der Waals surface area (Å²) in [5.74, 6) is 1.09. The van der Waals surface area contributed by atoms with Gasteiger partial charge in [0.1, 0.15) is 18.5 Å². The van der Waals surface area contributed by atoms with Gasteiger partial charge in [-0.3, -0.25) is 4.90 Å². The van der Waals surface area contributed by atoms with Crippen molar-refractivity contribution in [3.8, 4) is 11.5 Å². The Hall–Kier alpha value is -3.07. The van der Waals surface area contributed by atoms with Crippen molar-refractivity contribution in [2.45, 2.75) is 70.7 Å². The van der Waals surface area contributed by atoms with Gasteiger partial charge < -0.3 is 28.4 Å². The summed E-state index contributed by atoms with van der Waals surface area (Å²) in [6.07, 6.45) is 1.23. The molecule has 2 saturated heterocycles. The lowest BCUT2D eigenvalue weighted by atomic mass is 9.90. The third kappa shape index (κ3) is 4.81. The quantitative estimate of drug-likeness (QED) is 0.421. The lowest BCUT2D eigenvalue weighted by Crippen LogP contribution is -2.34. The SMILES string of the molecule is C[C@@H]1OC(C)(C)O[C@@H]1/C(OC(=O)OCc1ccccc1)=C1/c2cc3c(cc2CCN2CCCC12)OCO3. The van der Waals surface area contributed by atoms with Gasteiger partial charge in [0.25, 0.3) is 0 Å². The van der Waals surface area contributed by atoms with Gasteiger partial charge >= 0.3 is 6.16 Å². The van der Waals surface area contributed by atoms with Crippen molar-refractivity contribution in [1.29, 1.82) is 0 Å². The molecule has 8 heteroatoms. The van der Waals surface area contributed by atoms with Crippen molar-refractivity contribution in [3.63, 3.8) is 0 Å². The lowest BCUT2D eigenvalue weighted by molar-refractivity contribution is -0.144. The third-order valence-electron chi connectivity index (χ3n) is 7.48. The highest BCUT2D eigenvalue weighted by atomic mass is 16.8. The summed E-state index contributed by atoms with van der Waals surface area (Å²) in [5.41, 5.74) is 3.97. The van der Waals surface area contributed by atoms with Gasteiger partial charge in [-0.15, -0.1) is 0 Å². The van der Waals surface area contributed by atoms with Gasteiger partial charge in [-0.2, -0.15) is 0 Å². The summed E-state index contributed by atoms with van der Waals surface area (Å²) in [7, 11) is 0. The number of ether oxygens (including phenoxy) is 6. The molecule has 2 fully saturated rings. The molecule has 4 heterocycles. The molecule has 196 valence electrons. The van der Waals surface area contributed by atoms with E-state index in [2.05, 4.69) is 11.0 Å². The van der Waals surface area contributed by atoms with Crippen molar-refractivity contribution < 1.29 is 33.2 Å². The topological polar surface area (TPSA) is 75.7 Å². The molecule has 0 N–H and O–H groups in total. The zero-order valence-corrected chi connectivity index (χ0v) is 21.5. The zero-order valence-electron chi connectivity index (χ0n) is 21.5. The standard InChI is InChI=1S/C29H33NO7/c1-18-26(37-29(2,3)36-18)27(35-28(31)32-16-19-8-5-4-6-9-19)25-21-15-24-23(33-17-34-24)14-20(21)11-13-30-12-7-10-22(25)30/h4-6,8-9,14-15,18,22,26H,7,10-13,16-17H2,1-3H3/b27-25+/t18-,22?,26-/m0/s1. The maximum Gasteiger partial charge on any atom is 0.513 e. The van der Waals surface area contributed by atoms with Gasteiger partial charge in [-0.1, -0.05) is 30.3 Å². The molecule has 2 aromatic rings. The molecule has 0 amide bonds. The molecule has 1 unspecified atom stereocenters. The molecule has 0 bridgehead atoms. The summed E-state index contributed by atoms with van der Waals surface area (Å²) in [5, 5.41) is 0. The van der Waals surface area contributed by atoms with Crippen LogP contribution in [0.15, 0.2) is 48.2 Å². The molecule has 0 saturated carbocycles. The highest BCUT2D eigenvalue weighted by molar-refractivity contribution is 5.79. The molecule has 8 nitrogen and oxygen atoms in total. The van der Waals surface area contributed by atoms with E-state index in [9.17, 15) is 4.79 Å². The van der Waals surface area contributed by atoms with Gasteiger partial charge in [0.15, 0.2) is 17.3 Å². The fraction of sp³-hybridized carbons (Fsp3) is 0.483. The van der Waals surface area contributed by atoms with E-state index in [1.165, 1.54) is 0 Å². The second-order valence-electron chi connectivity index (χ2n) is 10.5. The van der Waals surface area contributed by atoms with Crippen LogP contribution in [0.1, 0.15) is 50.3 Å². The molecule has 0 aliphatic carbocycles. The number of carbonyl (C=O) groups is 1. The molecule has 6 rings (SSSR count). The van der Waals surface area contributed by atoms with Crippen LogP contribution in [-0.4, -0.2) is 55.0 Å². The van der Waals surface area contributed by atoms with Crippen molar-refractivity contribution in [3.05, 3.63) is 64.9 Å². The van der Waals surface area contributed by atoms with Crippen LogP contribution in [0.2, 0.25) is 0 Å². The highest BCUT2D eigenvalue weighted by Crippen LogP contribution is 2.46. The van der Waals surface area contributed by atoms with Crippen LogP contribution >= 0.6 is 0 Å². The third-order valence-corrected chi connectivity index (χ3v) is 7.48. The Bertz CT molecular complexity index is 1210. The largest absolute Gasteiger partial charge is 0.513 e. The minimum absolute atomic E-state index is 0.0815. The average Bonchev–Trinajstić information content (AvgIpc) is 3.57. The lowest BCUT2D eigenvalue weighted by Gasteiger charge is -2.28. The number of fused-ring (bicyclic) bond motifs is 3. The first-order chi connectivity index (χ1) is 17.9. The van der Waals surface area contributed by atoms with Crippen LogP contribution in [0.25, 0.3) is 5.57 Å². The van der Waals surface area contributed by atoms with Crippen LogP contribution in [-0.2, 0) is 32.0 Å². The van der Waals surface area contributed by atoms with E-state index >= 15 is 0 Å². The van der Waals surface area contributed by atoms with Crippen molar-refractivity contribution in [2.24, 2.45) is 0 Å². The first-order valence-corrected chi connectivity index (χ1v) is 13.0. The van der Waals surface area contributed by atoms with Crippen LogP contribution in [0, 0.1) is 0 Å². The zero-order chi connectivity index (χ0) is 25.6. The summed E-state index contributed by atoms with van der Waals surface area (Å²) in [4.78, 5) is 15.6. The van der Waals surface area contributed by atoms with E-state index < -0.39 is 18.0 Å². The van der Waals surface area contributed by atoms with Crippen LogP contribution in [0.5, 0.6) is 11.5 Å². The Morgan fingerprint density at radius 3 is 2.62 bits per heavy atom. The molecule has 0 radical (unpaired) electrons. The molecule has 0 aromatic heterocycles. The summed E-state index contributed by atoms with van der Waals surface area (Å²) >= 11 is 0. The maximum atomic E-state index is 13.1. The van der Waals surface area contributed by atoms with Crippen LogP contribution < -0.4 is 9.47 Å². The van der Waals surface area contributed by atoms with E-state index in [1.54, 1.807) is 0 Å². The second-order valence-corrected chi connectivity index (χ2v) is 10.5.